The quantitative estimate of drug-likeness (QED) is 0.825. The first kappa shape index (κ1) is 13.7. The van der Waals surface area contributed by atoms with Crippen LogP contribution in [-0.4, -0.2) is 39.7 Å². The van der Waals surface area contributed by atoms with Crippen LogP contribution in [0.5, 0.6) is 0 Å². The number of aromatic nitrogens is 2. The molecule has 17 heavy (non-hydrogen) atoms. The SMILES string of the molecule is CCc1nn(C)cc1C(=O)N(CCN)C(C)C. The summed E-state index contributed by atoms with van der Waals surface area (Å²) in [6.45, 7) is 7.05. The molecule has 0 bridgehead atoms. The maximum absolute atomic E-state index is 12.4. The Labute approximate surface area is 103 Å². The lowest BCUT2D eigenvalue weighted by molar-refractivity contribution is 0.0710. The van der Waals surface area contributed by atoms with Crippen LogP contribution in [0.15, 0.2) is 6.20 Å². The number of amides is 1. The predicted molar refractivity (Wildman–Crippen MR) is 67.8 cm³/mol. The summed E-state index contributed by atoms with van der Waals surface area (Å²) in [5.74, 6) is 0.0235. The minimum atomic E-state index is 0.0235. The summed E-state index contributed by atoms with van der Waals surface area (Å²) in [6.07, 6.45) is 2.55. The zero-order chi connectivity index (χ0) is 13.0. The largest absolute Gasteiger partial charge is 0.335 e. The summed E-state index contributed by atoms with van der Waals surface area (Å²) < 4.78 is 1.69. The summed E-state index contributed by atoms with van der Waals surface area (Å²) in [5.41, 5.74) is 7.08. The number of carbonyl (C=O) groups excluding carboxylic acids is 1. The molecule has 0 atom stereocenters. The van der Waals surface area contributed by atoms with Gasteiger partial charge in [0.2, 0.25) is 0 Å². The second kappa shape index (κ2) is 5.82. The third-order valence-electron chi connectivity index (χ3n) is 2.72. The molecule has 1 aromatic rings. The standard InChI is InChI=1S/C12H22N4O/c1-5-11-10(8-15(4)14-11)12(17)16(7-6-13)9(2)3/h8-9H,5-7,13H2,1-4H3. The van der Waals surface area contributed by atoms with Crippen molar-refractivity contribution in [2.45, 2.75) is 33.2 Å². The first-order valence-corrected chi connectivity index (χ1v) is 6.04. The van der Waals surface area contributed by atoms with Crippen LogP contribution in [0, 0.1) is 0 Å². The van der Waals surface area contributed by atoms with E-state index in [1.54, 1.807) is 15.8 Å². The number of rotatable bonds is 5. The Hall–Kier alpha value is -1.36. The highest BCUT2D eigenvalue weighted by molar-refractivity contribution is 5.95. The van der Waals surface area contributed by atoms with Gasteiger partial charge in [0.25, 0.3) is 5.91 Å². The van der Waals surface area contributed by atoms with E-state index in [2.05, 4.69) is 5.10 Å². The van der Waals surface area contributed by atoms with Crippen LogP contribution < -0.4 is 5.73 Å². The maximum Gasteiger partial charge on any atom is 0.257 e. The predicted octanol–water partition coefficient (Wildman–Crippen LogP) is 0.792. The van der Waals surface area contributed by atoms with Gasteiger partial charge in [-0.1, -0.05) is 6.92 Å². The van der Waals surface area contributed by atoms with Crippen molar-refractivity contribution in [1.82, 2.24) is 14.7 Å². The number of hydrogen-bond donors (Lipinski definition) is 1. The van der Waals surface area contributed by atoms with Crippen LogP contribution in [-0.2, 0) is 13.5 Å². The van der Waals surface area contributed by atoms with E-state index in [4.69, 9.17) is 5.73 Å². The number of carbonyl (C=O) groups is 1. The summed E-state index contributed by atoms with van der Waals surface area (Å²) >= 11 is 0. The monoisotopic (exact) mass is 238 g/mol. The average Bonchev–Trinajstić information content (AvgIpc) is 2.66. The molecule has 2 N–H and O–H groups in total. The van der Waals surface area contributed by atoms with Gasteiger partial charge in [0.15, 0.2) is 0 Å². The van der Waals surface area contributed by atoms with Crippen molar-refractivity contribution in [2.24, 2.45) is 12.8 Å². The molecule has 0 saturated carbocycles. The van der Waals surface area contributed by atoms with Crippen molar-refractivity contribution < 1.29 is 4.79 Å². The van der Waals surface area contributed by atoms with Crippen LogP contribution in [0.3, 0.4) is 0 Å². The molecular formula is C12H22N4O. The van der Waals surface area contributed by atoms with E-state index in [0.717, 1.165) is 12.1 Å². The average molecular weight is 238 g/mol. The van der Waals surface area contributed by atoms with Gasteiger partial charge in [0.1, 0.15) is 0 Å². The van der Waals surface area contributed by atoms with Crippen LogP contribution in [0.1, 0.15) is 36.8 Å². The molecule has 96 valence electrons. The summed E-state index contributed by atoms with van der Waals surface area (Å²) in [7, 11) is 1.83. The highest BCUT2D eigenvalue weighted by Gasteiger charge is 2.22. The third-order valence-corrected chi connectivity index (χ3v) is 2.72. The lowest BCUT2D eigenvalue weighted by atomic mass is 10.1. The second-order valence-corrected chi connectivity index (χ2v) is 4.40. The Morgan fingerprint density at radius 1 is 1.59 bits per heavy atom. The lowest BCUT2D eigenvalue weighted by Crippen LogP contribution is -2.40. The molecule has 1 amide bonds. The van der Waals surface area contributed by atoms with Crippen molar-refractivity contribution in [1.29, 1.82) is 0 Å². The van der Waals surface area contributed by atoms with Gasteiger partial charge in [-0.05, 0) is 20.3 Å². The number of nitrogens with zero attached hydrogens (tertiary/aromatic N) is 3. The minimum Gasteiger partial charge on any atom is -0.335 e. The highest BCUT2D eigenvalue weighted by atomic mass is 16.2. The molecular weight excluding hydrogens is 216 g/mol. The topological polar surface area (TPSA) is 64.2 Å². The number of nitrogens with two attached hydrogens (primary N) is 1. The van der Waals surface area contributed by atoms with E-state index >= 15 is 0 Å². The Morgan fingerprint density at radius 3 is 2.71 bits per heavy atom. The Kier molecular flexibility index (Phi) is 4.69. The Balaban J connectivity index is 3.00. The first-order valence-electron chi connectivity index (χ1n) is 6.04. The molecule has 0 saturated heterocycles. The second-order valence-electron chi connectivity index (χ2n) is 4.40. The van der Waals surface area contributed by atoms with Crippen LogP contribution in [0.4, 0.5) is 0 Å². The summed E-state index contributed by atoms with van der Waals surface area (Å²) in [4.78, 5) is 14.2. The van der Waals surface area contributed by atoms with Gasteiger partial charge < -0.3 is 10.6 Å². The van der Waals surface area contributed by atoms with Crippen molar-refractivity contribution in [3.63, 3.8) is 0 Å². The van der Waals surface area contributed by atoms with Crippen molar-refractivity contribution in [2.75, 3.05) is 13.1 Å². The number of aryl methyl sites for hydroxylation is 2. The Bertz CT molecular complexity index is 384. The molecule has 5 heteroatoms. The molecule has 5 nitrogen and oxygen atoms in total. The molecule has 0 radical (unpaired) electrons. The third kappa shape index (κ3) is 3.06. The van der Waals surface area contributed by atoms with Gasteiger partial charge in [-0.3, -0.25) is 9.48 Å². The van der Waals surface area contributed by atoms with Gasteiger partial charge >= 0.3 is 0 Å². The van der Waals surface area contributed by atoms with Crippen LogP contribution >= 0.6 is 0 Å². The maximum atomic E-state index is 12.4. The lowest BCUT2D eigenvalue weighted by Gasteiger charge is -2.26. The van der Waals surface area contributed by atoms with Gasteiger partial charge in [-0.25, -0.2) is 0 Å². The zero-order valence-corrected chi connectivity index (χ0v) is 11.1. The molecule has 0 aliphatic carbocycles. The summed E-state index contributed by atoms with van der Waals surface area (Å²) in [5, 5.41) is 4.29. The number of hydrogen-bond acceptors (Lipinski definition) is 3. The molecule has 1 heterocycles. The van der Waals surface area contributed by atoms with Gasteiger partial charge in [0.05, 0.1) is 11.3 Å². The fourth-order valence-electron chi connectivity index (χ4n) is 1.86. The Morgan fingerprint density at radius 2 is 2.24 bits per heavy atom. The highest BCUT2D eigenvalue weighted by Crippen LogP contribution is 2.12. The van der Waals surface area contributed by atoms with Crippen molar-refractivity contribution >= 4 is 5.91 Å². The normalized spacial score (nSPS) is 10.9. The van der Waals surface area contributed by atoms with E-state index in [0.29, 0.717) is 18.7 Å². The first-order chi connectivity index (χ1) is 8.01. The smallest absolute Gasteiger partial charge is 0.257 e. The minimum absolute atomic E-state index is 0.0235. The van der Waals surface area contributed by atoms with Crippen LogP contribution in [0.2, 0.25) is 0 Å². The van der Waals surface area contributed by atoms with Crippen LogP contribution in [0.25, 0.3) is 0 Å². The van der Waals surface area contributed by atoms with Gasteiger partial charge in [-0.2, -0.15) is 5.10 Å². The molecule has 1 aromatic heterocycles. The zero-order valence-electron chi connectivity index (χ0n) is 11.1. The molecule has 0 fully saturated rings. The van der Waals surface area contributed by atoms with Gasteiger partial charge in [0, 0.05) is 32.4 Å². The molecule has 0 unspecified atom stereocenters. The van der Waals surface area contributed by atoms with E-state index < -0.39 is 0 Å². The molecule has 1 rings (SSSR count). The molecule has 0 aromatic carbocycles. The summed E-state index contributed by atoms with van der Waals surface area (Å²) in [6, 6.07) is 0.149. The molecule has 0 aliphatic rings. The molecule has 0 aliphatic heterocycles. The van der Waals surface area contributed by atoms with E-state index in [1.807, 2.05) is 27.8 Å². The van der Waals surface area contributed by atoms with Gasteiger partial charge in [-0.15, -0.1) is 0 Å². The van der Waals surface area contributed by atoms with E-state index in [-0.39, 0.29) is 11.9 Å². The van der Waals surface area contributed by atoms with Crippen molar-refractivity contribution in [3.8, 4) is 0 Å². The molecule has 0 spiro atoms. The van der Waals surface area contributed by atoms with E-state index in [1.165, 1.54) is 0 Å². The fourth-order valence-corrected chi connectivity index (χ4v) is 1.86. The van der Waals surface area contributed by atoms with E-state index in [9.17, 15) is 4.79 Å². The fraction of sp³-hybridized carbons (Fsp3) is 0.667. The van der Waals surface area contributed by atoms with Crippen molar-refractivity contribution in [3.05, 3.63) is 17.5 Å².